The summed E-state index contributed by atoms with van der Waals surface area (Å²) in [6.45, 7) is 0.488. The Bertz CT molecular complexity index is 1130. The molecule has 0 amide bonds. The van der Waals surface area contributed by atoms with Crippen LogP contribution in [-0.4, -0.2) is 33.4 Å². The molecule has 0 fully saturated rings. The first-order valence-corrected chi connectivity index (χ1v) is 10.8. The highest BCUT2D eigenvalue weighted by Gasteiger charge is 2.16. The van der Waals surface area contributed by atoms with E-state index in [1.165, 1.54) is 11.8 Å². The molecule has 0 bridgehead atoms. The number of para-hydroxylation sites is 1. The predicted molar refractivity (Wildman–Crippen MR) is 123 cm³/mol. The van der Waals surface area contributed by atoms with Crippen LogP contribution in [-0.2, 0) is 6.54 Å². The molecule has 3 aromatic carbocycles. The lowest BCUT2D eigenvalue weighted by molar-refractivity contribution is 0.102. The number of benzene rings is 3. The standard InChI is InChI=1S/C24H22N4O2S/c1-30-21-14-12-19(13-15-21)25-16-23-26-27-24(28(23)20-10-6-3-7-11-20)31-17-22(29)18-8-4-2-5-9-18/h2-15,25H,16-17H2,1H3. The lowest BCUT2D eigenvalue weighted by atomic mass is 10.2. The molecule has 0 aliphatic rings. The number of Topliss-reactive ketones (excluding diaryl/α,β-unsaturated/α-hetero) is 1. The van der Waals surface area contributed by atoms with Crippen molar-refractivity contribution in [1.29, 1.82) is 0 Å². The molecule has 0 radical (unpaired) electrons. The average Bonchev–Trinajstić information content (AvgIpc) is 3.25. The molecule has 1 heterocycles. The van der Waals surface area contributed by atoms with Crippen LogP contribution in [0.25, 0.3) is 5.69 Å². The van der Waals surface area contributed by atoms with Crippen LogP contribution in [0, 0.1) is 0 Å². The molecule has 4 rings (SSSR count). The van der Waals surface area contributed by atoms with Crippen molar-refractivity contribution in [3.63, 3.8) is 0 Å². The van der Waals surface area contributed by atoms with Crippen molar-refractivity contribution in [3.05, 3.63) is 96.3 Å². The van der Waals surface area contributed by atoms with Gasteiger partial charge < -0.3 is 10.1 Å². The number of rotatable bonds is 9. The van der Waals surface area contributed by atoms with E-state index in [9.17, 15) is 4.79 Å². The van der Waals surface area contributed by atoms with Gasteiger partial charge in [-0.25, -0.2) is 0 Å². The van der Waals surface area contributed by atoms with Crippen molar-refractivity contribution in [1.82, 2.24) is 14.8 Å². The van der Waals surface area contributed by atoms with Crippen molar-refractivity contribution >= 4 is 23.2 Å². The first-order valence-electron chi connectivity index (χ1n) is 9.83. The van der Waals surface area contributed by atoms with E-state index in [-0.39, 0.29) is 5.78 Å². The summed E-state index contributed by atoms with van der Waals surface area (Å²) in [7, 11) is 1.65. The van der Waals surface area contributed by atoms with Crippen molar-refractivity contribution < 1.29 is 9.53 Å². The minimum atomic E-state index is 0.0612. The second-order valence-corrected chi connectivity index (χ2v) is 7.67. The minimum absolute atomic E-state index is 0.0612. The van der Waals surface area contributed by atoms with Crippen LogP contribution >= 0.6 is 11.8 Å². The fraction of sp³-hybridized carbons (Fsp3) is 0.125. The average molecular weight is 431 g/mol. The number of hydrogen-bond acceptors (Lipinski definition) is 6. The van der Waals surface area contributed by atoms with E-state index in [1.54, 1.807) is 7.11 Å². The normalized spacial score (nSPS) is 10.6. The van der Waals surface area contributed by atoms with Gasteiger partial charge in [0.15, 0.2) is 16.8 Å². The molecule has 6 nitrogen and oxygen atoms in total. The van der Waals surface area contributed by atoms with Crippen LogP contribution in [0.4, 0.5) is 5.69 Å². The fourth-order valence-electron chi connectivity index (χ4n) is 3.07. The molecule has 0 unspecified atom stereocenters. The molecule has 0 aliphatic heterocycles. The van der Waals surface area contributed by atoms with Gasteiger partial charge in [-0.1, -0.05) is 60.3 Å². The van der Waals surface area contributed by atoms with Gasteiger partial charge in [0, 0.05) is 16.9 Å². The third-order valence-corrected chi connectivity index (χ3v) is 5.61. The zero-order chi connectivity index (χ0) is 21.5. The molecule has 156 valence electrons. The van der Waals surface area contributed by atoms with Gasteiger partial charge in [0.2, 0.25) is 0 Å². The summed E-state index contributed by atoms with van der Waals surface area (Å²) in [4.78, 5) is 12.5. The van der Waals surface area contributed by atoms with Gasteiger partial charge in [0.05, 0.1) is 19.4 Å². The fourth-order valence-corrected chi connectivity index (χ4v) is 3.94. The SMILES string of the molecule is COc1ccc(NCc2nnc(SCC(=O)c3ccccc3)n2-c2ccccc2)cc1. The number of carbonyl (C=O) groups excluding carboxylic acids is 1. The minimum Gasteiger partial charge on any atom is -0.497 e. The molecule has 7 heteroatoms. The Morgan fingerprint density at radius 3 is 2.29 bits per heavy atom. The number of anilines is 1. The van der Waals surface area contributed by atoms with Gasteiger partial charge in [-0.3, -0.25) is 9.36 Å². The maximum Gasteiger partial charge on any atom is 0.196 e. The van der Waals surface area contributed by atoms with Crippen molar-refractivity contribution in [3.8, 4) is 11.4 Å². The summed E-state index contributed by atoms with van der Waals surface area (Å²) in [5, 5.41) is 12.8. The Balaban J connectivity index is 1.53. The van der Waals surface area contributed by atoms with E-state index < -0.39 is 0 Å². The molecule has 0 aliphatic carbocycles. The number of ketones is 1. The summed E-state index contributed by atoms with van der Waals surface area (Å²) in [5.41, 5.74) is 2.60. The smallest absolute Gasteiger partial charge is 0.196 e. The van der Waals surface area contributed by atoms with Gasteiger partial charge in [-0.2, -0.15) is 0 Å². The molecule has 1 aromatic heterocycles. The van der Waals surface area contributed by atoms with E-state index in [1.807, 2.05) is 89.5 Å². The summed E-state index contributed by atoms with van der Waals surface area (Å²) in [6.07, 6.45) is 0. The highest BCUT2D eigenvalue weighted by Crippen LogP contribution is 2.24. The Kier molecular flexibility index (Phi) is 6.64. The Labute approximate surface area is 185 Å². The van der Waals surface area contributed by atoms with E-state index in [0.717, 1.165) is 22.9 Å². The monoisotopic (exact) mass is 430 g/mol. The van der Waals surface area contributed by atoms with Gasteiger partial charge >= 0.3 is 0 Å². The number of hydrogen-bond donors (Lipinski definition) is 1. The quantitative estimate of drug-likeness (QED) is 0.302. The zero-order valence-electron chi connectivity index (χ0n) is 17.1. The summed E-state index contributed by atoms with van der Waals surface area (Å²) in [5.74, 6) is 1.92. The molecule has 0 atom stereocenters. The third kappa shape index (κ3) is 5.13. The van der Waals surface area contributed by atoms with Crippen LogP contribution in [0.1, 0.15) is 16.2 Å². The predicted octanol–water partition coefficient (Wildman–Crippen LogP) is 4.86. The van der Waals surface area contributed by atoms with E-state index >= 15 is 0 Å². The first-order chi connectivity index (χ1) is 15.2. The summed E-state index contributed by atoms with van der Waals surface area (Å²) >= 11 is 1.39. The van der Waals surface area contributed by atoms with Crippen molar-refractivity contribution in [2.75, 3.05) is 18.2 Å². The molecule has 31 heavy (non-hydrogen) atoms. The molecule has 4 aromatic rings. The van der Waals surface area contributed by atoms with Gasteiger partial charge in [0.25, 0.3) is 0 Å². The number of ether oxygens (including phenoxy) is 1. The van der Waals surface area contributed by atoms with Crippen LogP contribution in [0.15, 0.2) is 90.1 Å². The second-order valence-electron chi connectivity index (χ2n) is 6.73. The van der Waals surface area contributed by atoms with Crippen molar-refractivity contribution in [2.45, 2.75) is 11.7 Å². The van der Waals surface area contributed by atoms with Gasteiger partial charge in [-0.05, 0) is 36.4 Å². The first kappa shape index (κ1) is 20.7. The van der Waals surface area contributed by atoms with Crippen molar-refractivity contribution in [2.24, 2.45) is 0 Å². The summed E-state index contributed by atoms with van der Waals surface area (Å²) in [6, 6.07) is 26.9. The van der Waals surface area contributed by atoms with Crippen LogP contribution in [0.5, 0.6) is 5.75 Å². The Morgan fingerprint density at radius 2 is 1.61 bits per heavy atom. The lowest BCUT2D eigenvalue weighted by Crippen LogP contribution is -2.09. The van der Waals surface area contributed by atoms with Crippen LogP contribution < -0.4 is 10.1 Å². The number of nitrogens with zero attached hydrogens (tertiary/aromatic N) is 3. The molecule has 0 spiro atoms. The van der Waals surface area contributed by atoms with Gasteiger partial charge in [-0.15, -0.1) is 10.2 Å². The number of carbonyl (C=O) groups is 1. The number of thioether (sulfide) groups is 1. The molecule has 0 saturated carbocycles. The topological polar surface area (TPSA) is 69.0 Å². The molecular formula is C24H22N4O2S. The molecule has 0 saturated heterocycles. The maximum atomic E-state index is 12.5. The zero-order valence-corrected chi connectivity index (χ0v) is 17.9. The van der Waals surface area contributed by atoms with Crippen LogP contribution in [0.2, 0.25) is 0 Å². The maximum absolute atomic E-state index is 12.5. The van der Waals surface area contributed by atoms with E-state index in [2.05, 4.69) is 15.5 Å². The number of nitrogens with one attached hydrogen (secondary N) is 1. The second kappa shape index (κ2) is 9.95. The Hall–Kier alpha value is -3.58. The highest BCUT2D eigenvalue weighted by molar-refractivity contribution is 7.99. The molecule has 1 N–H and O–H groups in total. The largest absolute Gasteiger partial charge is 0.497 e. The van der Waals surface area contributed by atoms with E-state index in [4.69, 9.17) is 4.74 Å². The van der Waals surface area contributed by atoms with E-state index in [0.29, 0.717) is 23.0 Å². The third-order valence-electron chi connectivity index (χ3n) is 4.68. The number of methoxy groups -OCH3 is 1. The number of aromatic nitrogens is 3. The molecular weight excluding hydrogens is 408 g/mol. The van der Waals surface area contributed by atoms with Crippen LogP contribution in [0.3, 0.4) is 0 Å². The highest BCUT2D eigenvalue weighted by atomic mass is 32.2. The summed E-state index contributed by atoms with van der Waals surface area (Å²) < 4.78 is 7.19. The lowest BCUT2D eigenvalue weighted by Gasteiger charge is -2.11. The Morgan fingerprint density at radius 1 is 0.935 bits per heavy atom. The van der Waals surface area contributed by atoms with Gasteiger partial charge in [0.1, 0.15) is 5.75 Å².